The molecule has 0 radical (unpaired) electrons. The van der Waals surface area contributed by atoms with Crippen LogP contribution in [0.3, 0.4) is 0 Å². The maximum absolute atomic E-state index is 11.2. The van der Waals surface area contributed by atoms with E-state index in [1.54, 1.807) is 0 Å². The molecule has 4 heteroatoms. The van der Waals surface area contributed by atoms with Crippen LogP contribution in [0.1, 0.15) is 24.8 Å². The van der Waals surface area contributed by atoms with Crippen molar-refractivity contribution in [3.8, 4) is 0 Å². The molecule has 3 nitrogen and oxygen atoms in total. The van der Waals surface area contributed by atoms with Crippen molar-refractivity contribution in [3.63, 3.8) is 0 Å². The van der Waals surface area contributed by atoms with Gasteiger partial charge in [-0.25, -0.2) is 4.79 Å². The van der Waals surface area contributed by atoms with Gasteiger partial charge in [0.05, 0.1) is 4.70 Å². The Kier molecular flexibility index (Phi) is 1.78. The number of nitrogens with two attached hydrogens (primary N) is 1. The molecule has 1 fully saturated rings. The zero-order valence-electron chi connectivity index (χ0n) is 8.16. The lowest BCUT2D eigenvalue weighted by Crippen LogP contribution is -2.43. The lowest BCUT2D eigenvalue weighted by molar-refractivity contribution is 0.253. The average molecular weight is 221 g/mol. The highest BCUT2D eigenvalue weighted by Crippen LogP contribution is 2.41. The summed E-state index contributed by atoms with van der Waals surface area (Å²) in [6, 6.07) is 5.81. The van der Waals surface area contributed by atoms with Crippen molar-refractivity contribution >= 4 is 21.6 Å². The molecule has 2 N–H and O–H groups in total. The molecule has 1 saturated carbocycles. The molecule has 0 amide bonds. The van der Waals surface area contributed by atoms with Gasteiger partial charge in [0.25, 0.3) is 0 Å². The number of hydrogen-bond donors (Lipinski definition) is 1. The maximum Gasteiger partial charge on any atom is 0.396 e. The van der Waals surface area contributed by atoms with E-state index in [4.69, 9.17) is 10.2 Å². The Morgan fingerprint density at radius 3 is 2.87 bits per heavy atom. The Morgan fingerprint density at radius 2 is 2.20 bits per heavy atom. The van der Waals surface area contributed by atoms with Gasteiger partial charge in [-0.15, -0.1) is 0 Å². The third-order valence-electron chi connectivity index (χ3n) is 3.14. The van der Waals surface area contributed by atoms with Crippen LogP contribution < -0.4 is 10.7 Å². The van der Waals surface area contributed by atoms with Gasteiger partial charge in [0.1, 0.15) is 0 Å². The summed E-state index contributed by atoms with van der Waals surface area (Å²) in [5.74, 6) is 0. The van der Waals surface area contributed by atoms with Crippen LogP contribution in [0, 0.1) is 0 Å². The number of rotatable bonds is 1. The van der Waals surface area contributed by atoms with Gasteiger partial charge in [0, 0.05) is 11.1 Å². The topological polar surface area (TPSA) is 56.2 Å². The summed E-state index contributed by atoms with van der Waals surface area (Å²) >= 11 is 1.14. The lowest BCUT2D eigenvalue weighted by Gasteiger charge is -2.38. The number of benzene rings is 1. The molecule has 0 spiro atoms. The Balaban J connectivity index is 2.30. The summed E-state index contributed by atoms with van der Waals surface area (Å²) in [5, 5.41) is 0. The molecule has 2 aromatic rings. The molecule has 78 valence electrons. The smallest absolute Gasteiger partial charge is 0.396 e. The number of hydrogen-bond acceptors (Lipinski definition) is 4. The van der Waals surface area contributed by atoms with Gasteiger partial charge in [0.2, 0.25) is 0 Å². The van der Waals surface area contributed by atoms with E-state index in [1.807, 2.05) is 18.2 Å². The predicted molar refractivity (Wildman–Crippen MR) is 60.1 cm³/mol. The molecule has 1 aliphatic carbocycles. The second-order valence-electron chi connectivity index (χ2n) is 4.10. The van der Waals surface area contributed by atoms with Gasteiger partial charge in [-0.1, -0.05) is 23.5 Å². The summed E-state index contributed by atoms with van der Waals surface area (Å²) in [4.78, 5) is 10.9. The first-order valence-electron chi connectivity index (χ1n) is 5.01. The Bertz CT molecular complexity index is 565. The van der Waals surface area contributed by atoms with E-state index in [-0.39, 0.29) is 10.5 Å². The average Bonchev–Trinajstić information content (AvgIpc) is 2.53. The molecule has 1 aliphatic rings. The fraction of sp³-hybridized carbons (Fsp3) is 0.364. The normalized spacial score (nSPS) is 19.0. The van der Waals surface area contributed by atoms with E-state index in [0.29, 0.717) is 5.58 Å². The summed E-state index contributed by atoms with van der Waals surface area (Å²) < 4.78 is 6.10. The van der Waals surface area contributed by atoms with E-state index in [0.717, 1.165) is 40.9 Å². The van der Waals surface area contributed by atoms with Crippen LogP contribution in [0.2, 0.25) is 0 Å². The summed E-state index contributed by atoms with van der Waals surface area (Å²) in [7, 11) is 0. The highest BCUT2D eigenvalue weighted by atomic mass is 32.1. The molecule has 0 bridgehead atoms. The van der Waals surface area contributed by atoms with Crippen molar-refractivity contribution in [3.05, 3.63) is 33.5 Å². The van der Waals surface area contributed by atoms with E-state index >= 15 is 0 Å². The van der Waals surface area contributed by atoms with Crippen LogP contribution >= 0.6 is 11.3 Å². The third kappa shape index (κ3) is 1.25. The fourth-order valence-electron chi connectivity index (χ4n) is 2.11. The minimum atomic E-state index is -0.267. The van der Waals surface area contributed by atoms with E-state index < -0.39 is 0 Å². The zero-order chi connectivity index (χ0) is 10.5. The van der Waals surface area contributed by atoms with Crippen LogP contribution in [0.25, 0.3) is 10.3 Å². The van der Waals surface area contributed by atoms with Gasteiger partial charge >= 0.3 is 4.94 Å². The van der Waals surface area contributed by atoms with Gasteiger partial charge in [0.15, 0.2) is 5.58 Å². The highest BCUT2D eigenvalue weighted by Gasteiger charge is 2.36. The van der Waals surface area contributed by atoms with Crippen LogP contribution in [0.15, 0.2) is 27.4 Å². The molecular formula is C11H11NO2S. The molecule has 0 atom stereocenters. The van der Waals surface area contributed by atoms with Crippen molar-refractivity contribution in [2.75, 3.05) is 0 Å². The monoisotopic (exact) mass is 221 g/mol. The largest absolute Gasteiger partial charge is 0.414 e. The Hall–Kier alpha value is -1.13. The van der Waals surface area contributed by atoms with Crippen molar-refractivity contribution in [2.24, 2.45) is 5.73 Å². The molecular weight excluding hydrogens is 210 g/mol. The standard InChI is InChI=1S/C11H11NO2S/c12-11(5-2-6-11)7-3-1-4-8-9(7)14-10(13)15-8/h1,3-4H,2,5-6,12H2. The second-order valence-corrected chi connectivity index (χ2v) is 5.07. The molecule has 0 saturated heterocycles. The summed E-state index contributed by atoms with van der Waals surface area (Å²) in [6.07, 6.45) is 3.11. The van der Waals surface area contributed by atoms with E-state index in [9.17, 15) is 4.79 Å². The Labute approximate surface area is 90.5 Å². The number of fused-ring (bicyclic) bond motifs is 1. The van der Waals surface area contributed by atoms with Gasteiger partial charge in [-0.3, -0.25) is 0 Å². The van der Waals surface area contributed by atoms with E-state index in [2.05, 4.69) is 0 Å². The predicted octanol–water partition coefficient (Wildman–Crippen LogP) is 2.19. The maximum atomic E-state index is 11.2. The van der Waals surface area contributed by atoms with Gasteiger partial charge < -0.3 is 10.2 Å². The van der Waals surface area contributed by atoms with Crippen molar-refractivity contribution in [1.29, 1.82) is 0 Å². The first-order valence-corrected chi connectivity index (χ1v) is 5.83. The second kappa shape index (κ2) is 2.93. The molecule has 3 rings (SSSR count). The van der Waals surface area contributed by atoms with Crippen LogP contribution in [0.4, 0.5) is 0 Å². The molecule has 1 aromatic carbocycles. The molecule has 1 heterocycles. The van der Waals surface area contributed by atoms with Crippen LogP contribution in [-0.2, 0) is 5.54 Å². The molecule has 1 aromatic heterocycles. The van der Waals surface area contributed by atoms with Crippen LogP contribution in [0.5, 0.6) is 0 Å². The molecule has 15 heavy (non-hydrogen) atoms. The molecule has 0 aliphatic heterocycles. The highest BCUT2D eigenvalue weighted by molar-refractivity contribution is 7.16. The van der Waals surface area contributed by atoms with Crippen molar-refractivity contribution in [1.82, 2.24) is 0 Å². The van der Waals surface area contributed by atoms with Crippen molar-refractivity contribution < 1.29 is 4.42 Å². The minimum absolute atomic E-state index is 0.250. The van der Waals surface area contributed by atoms with Crippen molar-refractivity contribution in [2.45, 2.75) is 24.8 Å². The number of para-hydroxylation sites is 1. The first kappa shape index (κ1) is 9.12. The van der Waals surface area contributed by atoms with Crippen LogP contribution in [-0.4, -0.2) is 0 Å². The quantitative estimate of drug-likeness (QED) is 0.803. The Morgan fingerprint density at radius 1 is 1.40 bits per heavy atom. The fourth-order valence-corrected chi connectivity index (χ4v) is 2.81. The summed E-state index contributed by atoms with van der Waals surface area (Å²) in [6.45, 7) is 0. The van der Waals surface area contributed by atoms with Gasteiger partial charge in [-0.05, 0) is 25.3 Å². The molecule has 0 unspecified atom stereocenters. The first-order chi connectivity index (χ1) is 7.19. The van der Waals surface area contributed by atoms with E-state index in [1.165, 1.54) is 0 Å². The van der Waals surface area contributed by atoms with Gasteiger partial charge in [-0.2, -0.15) is 0 Å². The SMILES string of the molecule is NC1(c2cccc3sc(=O)oc23)CCC1. The zero-order valence-corrected chi connectivity index (χ0v) is 8.97. The summed E-state index contributed by atoms with van der Waals surface area (Å²) in [5.41, 5.74) is 7.65. The third-order valence-corrected chi connectivity index (χ3v) is 3.93. The minimum Gasteiger partial charge on any atom is -0.414 e. The lowest BCUT2D eigenvalue weighted by atomic mass is 9.72.